The molecular formula is C24H28N4O5S. The number of carbonyl (C=O) groups excluding carboxylic acids is 1. The maximum Gasteiger partial charge on any atom is 0.508 e. The first-order valence-corrected chi connectivity index (χ1v) is 12.4. The highest BCUT2D eigenvalue weighted by Crippen LogP contribution is 2.34. The molecule has 34 heavy (non-hydrogen) atoms. The lowest BCUT2D eigenvalue weighted by atomic mass is 10.1. The molecule has 2 aromatic heterocycles. The molecule has 0 spiro atoms. The van der Waals surface area contributed by atoms with Crippen LogP contribution in [0, 0.1) is 6.92 Å². The Morgan fingerprint density at radius 3 is 2.88 bits per heavy atom. The third kappa shape index (κ3) is 4.82. The second-order valence-electron chi connectivity index (χ2n) is 8.32. The largest absolute Gasteiger partial charge is 0.508 e. The monoisotopic (exact) mass is 484 g/mol. The van der Waals surface area contributed by atoms with Gasteiger partial charge in [0.05, 0.1) is 12.0 Å². The number of nitrogens with zero attached hydrogens (tertiary/aromatic N) is 3. The number of fused-ring (bicyclic) bond motifs is 2. The Labute approximate surface area is 202 Å². The van der Waals surface area contributed by atoms with Gasteiger partial charge < -0.3 is 29.2 Å². The van der Waals surface area contributed by atoms with Crippen LogP contribution in [0.25, 0.3) is 10.2 Å². The van der Waals surface area contributed by atoms with Crippen LogP contribution in [-0.4, -0.2) is 55.3 Å². The number of aryl methyl sites for hydroxylation is 1. The molecule has 0 bridgehead atoms. The minimum Gasteiger partial charge on any atom is -0.454 e. The Morgan fingerprint density at radius 1 is 1.24 bits per heavy atom. The number of nitrogens with one attached hydrogen (secondary N) is 1. The van der Waals surface area contributed by atoms with E-state index in [0.717, 1.165) is 66.4 Å². The zero-order chi connectivity index (χ0) is 23.5. The molecule has 4 heterocycles. The first-order chi connectivity index (χ1) is 16.6. The lowest BCUT2D eigenvalue weighted by Crippen LogP contribution is -2.39. The summed E-state index contributed by atoms with van der Waals surface area (Å²) < 4.78 is 21.2. The molecule has 5 rings (SSSR count). The second-order valence-corrected chi connectivity index (χ2v) is 9.18. The standard InChI is InChI=1S/C24H28N4O5S/c1-3-30-24(29)33-17-7-10-28(11-8-17)23-26-21(20-15(2)13-34-22(20)27-23)25-9-6-16-4-5-18-19(12-16)32-14-31-18/h4-5,12-13,17H,3,6-11,14H2,1-2H3,(H,25,26,27). The number of thiophene rings is 1. The quantitative estimate of drug-likeness (QED) is 0.486. The molecule has 0 saturated carbocycles. The third-order valence-electron chi connectivity index (χ3n) is 6.00. The summed E-state index contributed by atoms with van der Waals surface area (Å²) in [6.07, 6.45) is 1.54. The third-order valence-corrected chi connectivity index (χ3v) is 6.99. The Hall–Kier alpha value is -3.27. The van der Waals surface area contributed by atoms with Gasteiger partial charge in [0.2, 0.25) is 12.7 Å². The SMILES string of the molecule is CCOC(=O)OC1CCN(c2nc(NCCc3ccc4c(c3)OCO4)c3c(C)csc3n2)CC1. The highest BCUT2D eigenvalue weighted by Gasteiger charge is 2.25. The highest BCUT2D eigenvalue weighted by molar-refractivity contribution is 7.17. The molecule has 10 heteroatoms. The second kappa shape index (κ2) is 9.92. The van der Waals surface area contributed by atoms with Crippen LogP contribution < -0.4 is 19.7 Å². The summed E-state index contributed by atoms with van der Waals surface area (Å²) in [6.45, 7) is 6.62. The van der Waals surface area contributed by atoms with Crippen LogP contribution in [0.5, 0.6) is 11.5 Å². The van der Waals surface area contributed by atoms with Crippen molar-refractivity contribution < 1.29 is 23.7 Å². The van der Waals surface area contributed by atoms with Gasteiger partial charge in [-0.3, -0.25) is 0 Å². The number of rotatable bonds is 7. The van der Waals surface area contributed by atoms with Crippen LogP contribution in [0.4, 0.5) is 16.6 Å². The van der Waals surface area contributed by atoms with Crippen LogP contribution in [0.15, 0.2) is 23.6 Å². The minimum absolute atomic E-state index is 0.137. The molecule has 0 atom stereocenters. The predicted molar refractivity (Wildman–Crippen MR) is 130 cm³/mol. The average Bonchev–Trinajstić information content (AvgIpc) is 3.46. The minimum atomic E-state index is -0.596. The Bertz CT molecular complexity index is 1180. The van der Waals surface area contributed by atoms with Crippen molar-refractivity contribution in [3.05, 3.63) is 34.7 Å². The van der Waals surface area contributed by atoms with Crippen molar-refractivity contribution in [3.63, 3.8) is 0 Å². The molecule has 0 aliphatic carbocycles. The van der Waals surface area contributed by atoms with Crippen LogP contribution in [-0.2, 0) is 15.9 Å². The smallest absolute Gasteiger partial charge is 0.454 e. The average molecular weight is 485 g/mol. The van der Waals surface area contributed by atoms with Gasteiger partial charge in [-0.15, -0.1) is 11.3 Å². The zero-order valence-corrected chi connectivity index (χ0v) is 20.2. The van der Waals surface area contributed by atoms with Crippen molar-refractivity contribution in [2.24, 2.45) is 0 Å². The first kappa shape index (κ1) is 22.5. The summed E-state index contributed by atoms with van der Waals surface area (Å²) in [7, 11) is 0. The van der Waals surface area contributed by atoms with E-state index in [0.29, 0.717) is 12.6 Å². The number of carbonyl (C=O) groups is 1. The van der Waals surface area contributed by atoms with Crippen molar-refractivity contribution in [3.8, 4) is 11.5 Å². The summed E-state index contributed by atoms with van der Waals surface area (Å²) in [4.78, 5) is 24.5. The Morgan fingerprint density at radius 2 is 2.06 bits per heavy atom. The topological polar surface area (TPSA) is 95.0 Å². The molecule has 1 aromatic carbocycles. The predicted octanol–water partition coefficient (Wildman–Crippen LogP) is 4.52. The van der Waals surface area contributed by atoms with Gasteiger partial charge in [-0.1, -0.05) is 6.07 Å². The molecule has 1 N–H and O–H groups in total. The van der Waals surface area contributed by atoms with E-state index in [4.69, 9.17) is 28.9 Å². The maximum absolute atomic E-state index is 11.6. The van der Waals surface area contributed by atoms with Crippen LogP contribution in [0.1, 0.15) is 30.9 Å². The molecule has 0 unspecified atom stereocenters. The van der Waals surface area contributed by atoms with E-state index in [2.05, 4.69) is 28.6 Å². The number of hydrogen-bond acceptors (Lipinski definition) is 10. The molecule has 3 aromatic rings. The normalized spacial score (nSPS) is 15.5. The van der Waals surface area contributed by atoms with Gasteiger partial charge in [0, 0.05) is 32.5 Å². The highest BCUT2D eigenvalue weighted by atomic mass is 32.1. The molecule has 1 fully saturated rings. The Kier molecular flexibility index (Phi) is 6.57. The van der Waals surface area contributed by atoms with Gasteiger partial charge in [0.15, 0.2) is 11.5 Å². The number of anilines is 2. The van der Waals surface area contributed by atoms with E-state index >= 15 is 0 Å². The molecular weight excluding hydrogens is 456 g/mol. The van der Waals surface area contributed by atoms with Crippen LogP contribution in [0.3, 0.4) is 0 Å². The molecule has 0 radical (unpaired) electrons. The molecule has 2 aliphatic rings. The first-order valence-electron chi connectivity index (χ1n) is 11.6. The fraction of sp³-hybridized carbons (Fsp3) is 0.458. The van der Waals surface area contributed by atoms with E-state index in [1.807, 2.05) is 12.1 Å². The van der Waals surface area contributed by atoms with Gasteiger partial charge in [0.1, 0.15) is 16.8 Å². The lowest BCUT2D eigenvalue weighted by Gasteiger charge is -2.31. The van der Waals surface area contributed by atoms with E-state index in [-0.39, 0.29) is 12.9 Å². The number of aromatic nitrogens is 2. The summed E-state index contributed by atoms with van der Waals surface area (Å²) in [5.41, 5.74) is 2.34. The van der Waals surface area contributed by atoms with Gasteiger partial charge in [-0.2, -0.15) is 4.98 Å². The van der Waals surface area contributed by atoms with Crippen molar-refractivity contribution >= 4 is 39.5 Å². The molecule has 180 valence electrons. The van der Waals surface area contributed by atoms with Crippen molar-refractivity contribution in [2.45, 2.75) is 39.2 Å². The van der Waals surface area contributed by atoms with Gasteiger partial charge >= 0.3 is 6.16 Å². The number of benzene rings is 1. The fourth-order valence-corrected chi connectivity index (χ4v) is 5.14. The van der Waals surface area contributed by atoms with E-state index in [1.54, 1.807) is 18.3 Å². The van der Waals surface area contributed by atoms with Crippen LogP contribution in [0.2, 0.25) is 0 Å². The summed E-state index contributed by atoms with van der Waals surface area (Å²) in [6, 6.07) is 6.05. The van der Waals surface area contributed by atoms with Crippen molar-refractivity contribution in [1.82, 2.24) is 9.97 Å². The molecule has 0 amide bonds. The van der Waals surface area contributed by atoms with E-state index in [9.17, 15) is 4.79 Å². The van der Waals surface area contributed by atoms with E-state index in [1.165, 1.54) is 11.1 Å². The van der Waals surface area contributed by atoms with E-state index < -0.39 is 6.16 Å². The van der Waals surface area contributed by atoms with Gasteiger partial charge in [-0.05, 0) is 48.9 Å². The van der Waals surface area contributed by atoms with Gasteiger partial charge in [-0.25, -0.2) is 9.78 Å². The Balaban J connectivity index is 1.26. The summed E-state index contributed by atoms with van der Waals surface area (Å²) in [5, 5.41) is 6.72. The number of hydrogen-bond donors (Lipinski definition) is 1. The number of piperidine rings is 1. The van der Waals surface area contributed by atoms with Crippen molar-refractivity contribution in [1.29, 1.82) is 0 Å². The molecule has 9 nitrogen and oxygen atoms in total. The molecule has 2 aliphatic heterocycles. The fourth-order valence-electron chi connectivity index (χ4n) is 4.23. The zero-order valence-electron chi connectivity index (χ0n) is 19.3. The van der Waals surface area contributed by atoms with Crippen molar-refractivity contribution in [2.75, 3.05) is 43.3 Å². The summed E-state index contributed by atoms with van der Waals surface area (Å²) >= 11 is 1.63. The summed E-state index contributed by atoms with van der Waals surface area (Å²) in [5.74, 6) is 3.15. The lowest BCUT2D eigenvalue weighted by molar-refractivity contribution is 0.0183. The van der Waals surface area contributed by atoms with Gasteiger partial charge in [0.25, 0.3) is 0 Å². The molecule has 1 saturated heterocycles. The maximum atomic E-state index is 11.6. The van der Waals surface area contributed by atoms with Crippen LogP contribution >= 0.6 is 11.3 Å². The number of ether oxygens (including phenoxy) is 4.